The first kappa shape index (κ1) is 15.4. The molecule has 0 aromatic heterocycles. The van der Waals surface area contributed by atoms with E-state index >= 15 is 0 Å². The van der Waals surface area contributed by atoms with Crippen molar-refractivity contribution in [3.63, 3.8) is 0 Å². The highest BCUT2D eigenvalue weighted by molar-refractivity contribution is 6.00. The Hall–Kier alpha value is -2.04. The van der Waals surface area contributed by atoms with Crippen LogP contribution in [0.5, 0.6) is 0 Å². The number of amides is 2. The second-order valence-corrected chi connectivity index (χ2v) is 5.67. The van der Waals surface area contributed by atoms with E-state index in [2.05, 4.69) is 12.2 Å². The third-order valence-electron chi connectivity index (χ3n) is 3.92. The van der Waals surface area contributed by atoms with E-state index in [0.29, 0.717) is 11.6 Å². The Bertz CT molecular complexity index is 542. The van der Waals surface area contributed by atoms with Gasteiger partial charge in [-0.05, 0) is 37.8 Å². The summed E-state index contributed by atoms with van der Waals surface area (Å²) in [6.07, 6.45) is 3.29. The van der Waals surface area contributed by atoms with E-state index in [4.69, 9.17) is 0 Å². The highest BCUT2D eigenvalue weighted by Gasteiger charge is 2.26. The van der Waals surface area contributed by atoms with Crippen LogP contribution in [0.25, 0.3) is 0 Å². The number of nitrogens with one attached hydrogen (secondary N) is 1. The van der Waals surface area contributed by atoms with Crippen molar-refractivity contribution in [2.24, 2.45) is 5.92 Å². The predicted octanol–water partition coefficient (Wildman–Crippen LogP) is 3.35. The maximum atomic E-state index is 12.2. The van der Waals surface area contributed by atoms with E-state index in [0.717, 1.165) is 37.9 Å². The Morgan fingerprint density at radius 3 is 2.86 bits per heavy atom. The zero-order chi connectivity index (χ0) is 15.4. The summed E-state index contributed by atoms with van der Waals surface area (Å²) in [7, 11) is 0. The molecule has 1 aromatic carbocycles. The molecule has 1 heterocycles. The van der Waals surface area contributed by atoms with Crippen LogP contribution in [0.3, 0.4) is 0 Å². The molecule has 2 rings (SSSR count). The Labute approximate surface area is 125 Å². The van der Waals surface area contributed by atoms with Gasteiger partial charge in [0.05, 0.1) is 11.3 Å². The number of anilines is 1. The summed E-state index contributed by atoms with van der Waals surface area (Å²) in [4.78, 5) is 25.3. The summed E-state index contributed by atoms with van der Waals surface area (Å²) in [6, 6.07) is 4.81. The van der Waals surface area contributed by atoms with Crippen LogP contribution in [0.15, 0.2) is 18.2 Å². The van der Waals surface area contributed by atoms with Crippen molar-refractivity contribution in [1.29, 1.82) is 0 Å². The summed E-state index contributed by atoms with van der Waals surface area (Å²) in [5.41, 5.74) is 1.35. The standard InChI is InChI=1S/C16H22N2O3/c1-3-4-12-7-8-18(10-12)16(21)17-14-6-5-11(2)9-13(14)15(19)20/h5-6,9,12H,3-4,7-8,10H2,1-2H3,(H,17,21)(H,19,20). The fraction of sp³-hybridized carbons (Fsp3) is 0.500. The second kappa shape index (κ2) is 6.61. The molecule has 0 aliphatic carbocycles. The van der Waals surface area contributed by atoms with Gasteiger partial charge >= 0.3 is 12.0 Å². The van der Waals surface area contributed by atoms with E-state index in [1.165, 1.54) is 0 Å². The van der Waals surface area contributed by atoms with Gasteiger partial charge in [-0.25, -0.2) is 9.59 Å². The zero-order valence-electron chi connectivity index (χ0n) is 12.6. The fourth-order valence-corrected chi connectivity index (χ4v) is 2.80. The van der Waals surface area contributed by atoms with E-state index in [1.54, 1.807) is 23.1 Å². The van der Waals surface area contributed by atoms with E-state index < -0.39 is 5.97 Å². The van der Waals surface area contributed by atoms with Gasteiger partial charge in [0.1, 0.15) is 0 Å². The lowest BCUT2D eigenvalue weighted by Gasteiger charge is -2.18. The molecule has 0 spiro atoms. The van der Waals surface area contributed by atoms with Gasteiger partial charge in [-0.15, -0.1) is 0 Å². The lowest BCUT2D eigenvalue weighted by Crippen LogP contribution is -2.33. The Morgan fingerprint density at radius 1 is 1.43 bits per heavy atom. The summed E-state index contributed by atoms with van der Waals surface area (Å²) in [6.45, 7) is 5.47. The number of rotatable bonds is 4. The van der Waals surface area contributed by atoms with Crippen LogP contribution in [0, 0.1) is 12.8 Å². The molecule has 2 amide bonds. The minimum Gasteiger partial charge on any atom is -0.478 e. The molecular formula is C16H22N2O3. The van der Waals surface area contributed by atoms with Crippen molar-refractivity contribution in [3.05, 3.63) is 29.3 Å². The lowest BCUT2D eigenvalue weighted by molar-refractivity contribution is 0.0698. The molecule has 0 radical (unpaired) electrons. The number of urea groups is 1. The average Bonchev–Trinajstić information content (AvgIpc) is 2.89. The largest absolute Gasteiger partial charge is 0.478 e. The molecule has 2 N–H and O–H groups in total. The van der Waals surface area contributed by atoms with Gasteiger partial charge < -0.3 is 15.3 Å². The van der Waals surface area contributed by atoms with Crippen molar-refractivity contribution in [2.75, 3.05) is 18.4 Å². The molecule has 21 heavy (non-hydrogen) atoms. The fourth-order valence-electron chi connectivity index (χ4n) is 2.80. The van der Waals surface area contributed by atoms with Crippen molar-refractivity contribution < 1.29 is 14.7 Å². The third kappa shape index (κ3) is 3.74. The van der Waals surface area contributed by atoms with Gasteiger partial charge in [-0.1, -0.05) is 25.0 Å². The van der Waals surface area contributed by atoms with Crippen LogP contribution in [0.2, 0.25) is 0 Å². The highest BCUT2D eigenvalue weighted by Crippen LogP contribution is 2.23. The van der Waals surface area contributed by atoms with Gasteiger partial charge in [0, 0.05) is 13.1 Å². The monoisotopic (exact) mass is 290 g/mol. The summed E-state index contributed by atoms with van der Waals surface area (Å²) >= 11 is 0. The molecule has 5 heteroatoms. The molecule has 1 unspecified atom stereocenters. The molecule has 1 aliphatic rings. The lowest BCUT2D eigenvalue weighted by atomic mass is 10.0. The number of nitrogens with zero attached hydrogens (tertiary/aromatic N) is 1. The summed E-state index contributed by atoms with van der Waals surface area (Å²) in [5, 5.41) is 11.9. The Morgan fingerprint density at radius 2 is 2.19 bits per heavy atom. The molecule has 1 saturated heterocycles. The Balaban J connectivity index is 2.05. The number of aromatic carboxylic acids is 1. The van der Waals surface area contributed by atoms with Gasteiger partial charge in [-0.2, -0.15) is 0 Å². The number of likely N-dealkylation sites (tertiary alicyclic amines) is 1. The second-order valence-electron chi connectivity index (χ2n) is 5.67. The van der Waals surface area contributed by atoms with E-state index in [9.17, 15) is 14.7 Å². The first-order valence-corrected chi connectivity index (χ1v) is 7.41. The Kier molecular flexibility index (Phi) is 4.83. The minimum absolute atomic E-state index is 0.132. The number of carboxylic acids is 1. The number of carbonyl (C=O) groups excluding carboxylic acids is 1. The predicted molar refractivity (Wildman–Crippen MR) is 81.7 cm³/mol. The van der Waals surface area contributed by atoms with Gasteiger partial charge in [0.2, 0.25) is 0 Å². The molecule has 0 saturated carbocycles. The maximum absolute atomic E-state index is 12.2. The first-order valence-electron chi connectivity index (χ1n) is 7.41. The first-order chi connectivity index (χ1) is 10.0. The van der Waals surface area contributed by atoms with E-state index in [1.807, 2.05) is 6.92 Å². The topological polar surface area (TPSA) is 69.6 Å². The van der Waals surface area contributed by atoms with Crippen molar-refractivity contribution in [2.45, 2.75) is 33.1 Å². The molecule has 114 valence electrons. The van der Waals surface area contributed by atoms with Crippen LogP contribution in [-0.2, 0) is 0 Å². The van der Waals surface area contributed by atoms with Crippen molar-refractivity contribution >= 4 is 17.7 Å². The molecular weight excluding hydrogens is 268 g/mol. The van der Waals surface area contributed by atoms with Crippen molar-refractivity contribution in [1.82, 2.24) is 4.90 Å². The van der Waals surface area contributed by atoms with Crippen LogP contribution >= 0.6 is 0 Å². The smallest absolute Gasteiger partial charge is 0.337 e. The average molecular weight is 290 g/mol. The number of aryl methyl sites for hydroxylation is 1. The number of carboxylic acid groups (broad SMARTS) is 1. The maximum Gasteiger partial charge on any atom is 0.337 e. The van der Waals surface area contributed by atoms with Crippen LogP contribution in [0.1, 0.15) is 42.1 Å². The van der Waals surface area contributed by atoms with Gasteiger partial charge in [-0.3, -0.25) is 0 Å². The third-order valence-corrected chi connectivity index (χ3v) is 3.92. The van der Waals surface area contributed by atoms with E-state index in [-0.39, 0.29) is 11.6 Å². The van der Waals surface area contributed by atoms with Crippen LogP contribution < -0.4 is 5.32 Å². The van der Waals surface area contributed by atoms with Crippen molar-refractivity contribution in [3.8, 4) is 0 Å². The number of carbonyl (C=O) groups is 2. The zero-order valence-corrected chi connectivity index (χ0v) is 12.6. The molecule has 1 fully saturated rings. The SMILES string of the molecule is CCCC1CCN(C(=O)Nc2ccc(C)cc2C(=O)O)C1. The number of hydrogen-bond donors (Lipinski definition) is 2. The minimum atomic E-state index is -1.03. The quantitative estimate of drug-likeness (QED) is 0.893. The van der Waals surface area contributed by atoms with Crippen LogP contribution in [-0.4, -0.2) is 35.1 Å². The summed E-state index contributed by atoms with van der Waals surface area (Å²) in [5.74, 6) is -0.461. The van der Waals surface area contributed by atoms with Gasteiger partial charge in [0.25, 0.3) is 0 Å². The highest BCUT2D eigenvalue weighted by atomic mass is 16.4. The number of hydrogen-bond acceptors (Lipinski definition) is 2. The molecule has 1 aliphatic heterocycles. The molecule has 1 aromatic rings. The van der Waals surface area contributed by atoms with Crippen LogP contribution in [0.4, 0.5) is 10.5 Å². The molecule has 5 nitrogen and oxygen atoms in total. The molecule has 1 atom stereocenters. The summed E-state index contributed by atoms with van der Waals surface area (Å²) < 4.78 is 0. The normalized spacial score (nSPS) is 17.8. The molecule has 0 bridgehead atoms. The van der Waals surface area contributed by atoms with Gasteiger partial charge in [0.15, 0.2) is 0 Å². The number of benzene rings is 1.